The van der Waals surface area contributed by atoms with Gasteiger partial charge in [0, 0.05) is 24.2 Å². The fourth-order valence-electron chi connectivity index (χ4n) is 3.12. The van der Waals surface area contributed by atoms with Crippen molar-refractivity contribution < 1.29 is 23.9 Å². The topological polar surface area (TPSA) is 123 Å². The summed E-state index contributed by atoms with van der Waals surface area (Å²) in [6.07, 6.45) is 0.0855. The maximum absolute atomic E-state index is 12.9. The second-order valence-corrected chi connectivity index (χ2v) is 7.17. The summed E-state index contributed by atoms with van der Waals surface area (Å²) >= 11 is 0. The van der Waals surface area contributed by atoms with Crippen LogP contribution in [0.2, 0.25) is 0 Å². The monoisotopic (exact) mass is 425 g/mol. The number of ether oxygens (including phenoxy) is 2. The van der Waals surface area contributed by atoms with Crippen LogP contribution in [0.1, 0.15) is 29.3 Å². The van der Waals surface area contributed by atoms with Crippen molar-refractivity contribution in [2.45, 2.75) is 19.4 Å². The number of carbonyl (C=O) groups excluding carboxylic acids is 3. The molecule has 3 N–H and O–H groups in total. The smallest absolute Gasteiger partial charge is 0.320 e. The Morgan fingerprint density at radius 2 is 1.32 bits per heavy atom. The van der Waals surface area contributed by atoms with E-state index in [1.54, 1.807) is 38.2 Å². The summed E-state index contributed by atoms with van der Waals surface area (Å²) in [6, 6.07) is 14.0. The summed E-state index contributed by atoms with van der Waals surface area (Å²) in [6.45, 7) is 1.75. The van der Waals surface area contributed by atoms with Crippen molar-refractivity contribution in [3.05, 3.63) is 59.7 Å². The summed E-state index contributed by atoms with van der Waals surface area (Å²) in [5.41, 5.74) is 8.45. The predicted octanol–water partition coefficient (Wildman–Crippen LogP) is 2.45. The minimum absolute atomic E-state index is 0.00582. The van der Waals surface area contributed by atoms with E-state index in [9.17, 15) is 14.4 Å². The Morgan fingerprint density at radius 1 is 0.903 bits per heavy atom. The number of esters is 2. The fourth-order valence-corrected chi connectivity index (χ4v) is 3.12. The second kappa shape index (κ2) is 10.4. The Labute approximate surface area is 181 Å². The summed E-state index contributed by atoms with van der Waals surface area (Å²) in [7, 11) is 4.02. The van der Waals surface area contributed by atoms with Crippen molar-refractivity contribution in [2.24, 2.45) is 11.7 Å². The highest BCUT2D eigenvalue weighted by Crippen LogP contribution is 2.22. The summed E-state index contributed by atoms with van der Waals surface area (Å²) in [5, 5.41) is 7.46. The molecular weight excluding hydrogens is 398 g/mol. The van der Waals surface area contributed by atoms with Crippen molar-refractivity contribution in [3.8, 4) is 11.1 Å². The molecule has 0 bridgehead atoms. The zero-order chi connectivity index (χ0) is 23.1. The lowest BCUT2D eigenvalue weighted by atomic mass is 9.99. The average Bonchev–Trinajstić information content (AvgIpc) is 2.80. The zero-order valence-electron chi connectivity index (χ0n) is 18.0. The van der Waals surface area contributed by atoms with Crippen molar-refractivity contribution in [2.75, 3.05) is 21.3 Å². The van der Waals surface area contributed by atoms with Gasteiger partial charge in [-0.2, -0.15) is 0 Å². The third-order valence-corrected chi connectivity index (χ3v) is 5.19. The molecule has 0 aromatic heterocycles. The highest BCUT2D eigenvalue weighted by Gasteiger charge is 2.32. The number of hydrogen-bond donors (Lipinski definition) is 2. The molecule has 1 atom stereocenters. The summed E-state index contributed by atoms with van der Waals surface area (Å²) in [4.78, 5) is 38.1. The van der Waals surface area contributed by atoms with Crippen molar-refractivity contribution >= 4 is 23.7 Å². The van der Waals surface area contributed by atoms with Crippen LogP contribution in [0.5, 0.6) is 0 Å². The molecule has 8 nitrogen and oxygen atoms in total. The van der Waals surface area contributed by atoms with Gasteiger partial charge in [0.05, 0.1) is 14.2 Å². The van der Waals surface area contributed by atoms with Crippen LogP contribution in [0.3, 0.4) is 0 Å². The largest absolute Gasteiger partial charge is 0.468 e. The summed E-state index contributed by atoms with van der Waals surface area (Å²) < 4.78 is 9.35. The van der Waals surface area contributed by atoms with Crippen LogP contribution in [0, 0.1) is 11.3 Å². The van der Waals surface area contributed by atoms with Gasteiger partial charge in [-0.15, -0.1) is 0 Å². The molecule has 0 aliphatic rings. The number of nitrogens with zero attached hydrogens (tertiary/aromatic N) is 1. The Kier molecular flexibility index (Phi) is 7.90. The molecule has 2 rings (SSSR count). The van der Waals surface area contributed by atoms with Gasteiger partial charge >= 0.3 is 11.9 Å². The van der Waals surface area contributed by atoms with Gasteiger partial charge in [-0.1, -0.05) is 36.4 Å². The van der Waals surface area contributed by atoms with Crippen LogP contribution in [0.15, 0.2) is 48.5 Å². The zero-order valence-corrected chi connectivity index (χ0v) is 18.0. The molecule has 0 heterocycles. The predicted molar refractivity (Wildman–Crippen MR) is 117 cm³/mol. The molecule has 0 aliphatic carbocycles. The van der Waals surface area contributed by atoms with Crippen molar-refractivity contribution in [1.82, 2.24) is 4.90 Å². The SMILES string of the molecule is COC(=O)C(CC(C)N(C)C(=O)c1ccc(-c2ccc(C(=N)N)cc2)cc1)C(=O)OC. The number of nitrogens with one attached hydrogen (secondary N) is 1. The summed E-state index contributed by atoms with van der Waals surface area (Å²) in [5.74, 6) is -2.72. The van der Waals surface area contributed by atoms with Crippen LogP contribution in [0.25, 0.3) is 11.1 Å². The normalized spacial score (nSPS) is 11.5. The van der Waals surface area contributed by atoms with E-state index in [0.717, 1.165) is 11.1 Å². The molecule has 1 unspecified atom stereocenters. The standard InChI is InChI=1S/C23H27N3O5/c1-14(13-19(22(28)30-3)23(29)31-4)26(2)21(27)18-11-7-16(8-12-18)15-5-9-17(10-6-15)20(24)25/h5-12,14,19H,13H2,1-4H3,(H3,24,25). The van der Waals surface area contributed by atoms with Gasteiger partial charge in [0.1, 0.15) is 5.84 Å². The lowest BCUT2D eigenvalue weighted by Gasteiger charge is -2.27. The molecule has 0 spiro atoms. The van der Waals surface area contributed by atoms with E-state index in [4.69, 9.17) is 11.1 Å². The van der Waals surface area contributed by atoms with E-state index in [1.807, 2.05) is 24.3 Å². The number of nitrogen functional groups attached to an aromatic ring is 1. The van der Waals surface area contributed by atoms with E-state index < -0.39 is 23.9 Å². The molecule has 2 aromatic carbocycles. The third-order valence-electron chi connectivity index (χ3n) is 5.19. The number of carbonyl (C=O) groups is 3. The van der Waals surface area contributed by atoms with E-state index in [2.05, 4.69) is 9.47 Å². The Morgan fingerprint density at radius 3 is 1.71 bits per heavy atom. The number of nitrogens with two attached hydrogens (primary N) is 1. The average molecular weight is 425 g/mol. The maximum Gasteiger partial charge on any atom is 0.320 e. The Balaban J connectivity index is 2.11. The highest BCUT2D eigenvalue weighted by atomic mass is 16.5. The minimum atomic E-state index is -1.10. The first-order valence-corrected chi connectivity index (χ1v) is 9.67. The van der Waals surface area contributed by atoms with Gasteiger partial charge in [-0.25, -0.2) is 0 Å². The number of benzene rings is 2. The number of hydrogen-bond acceptors (Lipinski definition) is 6. The van der Waals surface area contributed by atoms with E-state index in [0.29, 0.717) is 11.1 Å². The third kappa shape index (κ3) is 5.69. The van der Waals surface area contributed by atoms with Gasteiger partial charge in [-0.3, -0.25) is 19.8 Å². The first-order chi connectivity index (χ1) is 14.7. The van der Waals surface area contributed by atoms with E-state index in [1.165, 1.54) is 19.1 Å². The fraction of sp³-hybridized carbons (Fsp3) is 0.304. The first kappa shape index (κ1) is 23.6. The number of rotatable bonds is 8. The molecule has 0 aliphatic heterocycles. The van der Waals surface area contributed by atoms with Gasteiger partial charge < -0.3 is 20.1 Å². The number of amidine groups is 1. The second-order valence-electron chi connectivity index (χ2n) is 7.17. The van der Waals surface area contributed by atoms with Gasteiger partial charge in [0.2, 0.25) is 0 Å². The first-order valence-electron chi connectivity index (χ1n) is 9.67. The van der Waals surface area contributed by atoms with Crippen molar-refractivity contribution in [3.63, 3.8) is 0 Å². The van der Waals surface area contributed by atoms with Gasteiger partial charge in [-0.05, 0) is 36.6 Å². The number of amides is 1. The molecule has 164 valence electrons. The van der Waals surface area contributed by atoms with Gasteiger partial charge in [0.25, 0.3) is 5.91 Å². The highest BCUT2D eigenvalue weighted by molar-refractivity contribution is 5.97. The molecule has 31 heavy (non-hydrogen) atoms. The Bertz CT molecular complexity index is 938. The Hall–Kier alpha value is -3.68. The van der Waals surface area contributed by atoms with Crippen LogP contribution in [-0.2, 0) is 19.1 Å². The molecule has 0 radical (unpaired) electrons. The molecule has 0 saturated carbocycles. The molecule has 0 fully saturated rings. The minimum Gasteiger partial charge on any atom is -0.468 e. The molecule has 0 saturated heterocycles. The van der Waals surface area contributed by atoms with Crippen molar-refractivity contribution in [1.29, 1.82) is 5.41 Å². The lowest BCUT2D eigenvalue weighted by Crippen LogP contribution is -2.39. The lowest BCUT2D eigenvalue weighted by molar-refractivity contribution is -0.159. The van der Waals surface area contributed by atoms with E-state index in [-0.39, 0.29) is 18.2 Å². The van der Waals surface area contributed by atoms with Crippen LogP contribution < -0.4 is 5.73 Å². The quantitative estimate of drug-likeness (QED) is 0.290. The molecule has 1 amide bonds. The molecule has 2 aromatic rings. The number of methoxy groups -OCH3 is 2. The maximum atomic E-state index is 12.9. The molecule has 8 heteroatoms. The van der Waals surface area contributed by atoms with Crippen LogP contribution >= 0.6 is 0 Å². The van der Waals surface area contributed by atoms with Gasteiger partial charge in [0.15, 0.2) is 5.92 Å². The van der Waals surface area contributed by atoms with E-state index >= 15 is 0 Å². The van der Waals surface area contributed by atoms with Crippen LogP contribution in [0.4, 0.5) is 0 Å². The molecular formula is C23H27N3O5. The van der Waals surface area contributed by atoms with Crippen LogP contribution in [-0.4, -0.2) is 55.9 Å².